The second-order valence-electron chi connectivity index (χ2n) is 14.5. The van der Waals surface area contributed by atoms with Crippen molar-refractivity contribution < 1.29 is 0 Å². The summed E-state index contributed by atoms with van der Waals surface area (Å²) in [4.78, 5) is 10.4. The summed E-state index contributed by atoms with van der Waals surface area (Å²) < 4.78 is 0. The van der Waals surface area contributed by atoms with Crippen LogP contribution < -0.4 is 19.6 Å². The summed E-state index contributed by atoms with van der Waals surface area (Å²) in [6, 6.07) is 45.6. The van der Waals surface area contributed by atoms with Crippen molar-refractivity contribution in [1.82, 2.24) is 0 Å². The molecule has 0 amide bonds. The molecule has 0 aromatic heterocycles. The van der Waals surface area contributed by atoms with Crippen LogP contribution >= 0.6 is 0 Å². The molecule has 0 radical (unpaired) electrons. The van der Waals surface area contributed by atoms with Crippen molar-refractivity contribution >= 4 is 45.5 Å². The van der Waals surface area contributed by atoms with Gasteiger partial charge in [0.05, 0.1) is 22.7 Å². The number of hydrogen-bond donors (Lipinski definition) is 0. The highest BCUT2D eigenvalue weighted by Gasteiger charge is 2.52. The maximum absolute atomic E-state index is 2.62. The third-order valence-corrected chi connectivity index (χ3v) is 10.6. The van der Waals surface area contributed by atoms with Crippen LogP contribution in [-0.4, -0.2) is 12.3 Å². The molecule has 2 unspecified atom stereocenters. The van der Waals surface area contributed by atoms with Gasteiger partial charge in [0.1, 0.15) is 0 Å². The predicted octanol–water partition coefficient (Wildman–Crippen LogP) is 12.1. The zero-order chi connectivity index (χ0) is 34.8. The number of nitrogens with zero attached hydrogens (tertiary/aromatic N) is 4. The summed E-state index contributed by atoms with van der Waals surface area (Å²) in [7, 11) is 0. The fraction of sp³-hybridized carbons (Fsp3) is 0.217. The Morgan fingerprint density at radius 1 is 0.300 bits per heavy atom. The Morgan fingerprint density at radius 2 is 0.560 bits per heavy atom. The first-order valence-electron chi connectivity index (χ1n) is 17.7. The molecule has 2 heterocycles. The number of anilines is 8. The molecule has 2 aliphatic heterocycles. The lowest BCUT2D eigenvalue weighted by atomic mass is 10.1. The van der Waals surface area contributed by atoms with Crippen LogP contribution in [0.15, 0.2) is 121 Å². The normalized spacial score (nSPS) is 16.6. The Morgan fingerprint density at radius 3 is 0.840 bits per heavy atom. The lowest BCUT2D eigenvalue weighted by molar-refractivity contribution is 0.549. The zero-order valence-electron chi connectivity index (χ0n) is 30.5. The van der Waals surface area contributed by atoms with Crippen molar-refractivity contribution in [2.45, 2.75) is 67.7 Å². The number of benzene rings is 6. The Bertz CT molecular complexity index is 2040. The van der Waals surface area contributed by atoms with Crippen LogP contribution in [0.2, 0.25) is 0 Å². The third-order valence-electron chi connectivity index (χ3n) is 10.6. The molecule has 0 spiro atoms. The molecule has 0 bridgehead atoms. The molecule has 0 fully saturated rings. The van der Waals surface area contributed by atoms with Gasteiger partial charge in [-0.05, 0) is 173 Å². The van der Waals surface area contributed by atoms with E-state index in [1.54, 1.807) is 0 Å². The van der Waals surface area contributed by atoms with Gasteiger partial charge in [-0.15, -0.1) is 0 Å². The van der Waals surface area contributed by atoms with E-state index in [1.165, 1.54) is 90.0 Å². The van der Waals surface area contributed by atoms with E-state index < -0.39 is 0 Å². The van der Waals surface area contributed by atoms with Gasteiger partial charge in [-0.1, -0.05) is 48.5 Å². The van der Waals surface area contributed by atoms with E-state index in [1.807, 2.05) is 0 Å². The van der Waals surface area contributed by atoms with Crippen molar-refractivity contribution in [3.63, 3.8) is 0 Å². The molecule has 2 aliphatic rings. The maximum atomic E-state index is 2.62. The molecule has 6 aromatic rings. The fourth-order valence-electron chi connectivity index (χ4n) is 8.20. The van der Waals surface area contributed by atoms with Gasteiger partial charge in [-0.25, -0.2) is 0 Å². The Hall–Kier alpha value is -5.48. The van der Waals surface area contributed by atoms with Crippen LogP contribution in [-0.2, 0) is 0 Å². The predicted molar refractivity (Wildman–Crippen MR) is 213 cm³/mol. The molecule has 4 heteroatoms. The van der Waals surface area contributed by atoms with E-state index in [2.05, 4.69) is 196 Å². The standard InChI is InChI=1S/C46H46N4/c1-29-19-30(2)22-39(21-29)49-43-27-35(7)33(5)25-41(43)47(37-15-11-9-12-16-37)45(49)46-48(38-17-13-10-14-18-38)42-26-34(6)36(8)28-44(42)50(46)40-23-31(3)20-32(4)24-40/h9-28,45-46H,1-8H3. The van der Waals surface area contributed by atoms with E-state index in [0.29, 0.717) is 0 Å². The van der Waals surface area contributed by atoms with Crippen LogP contribution in [0.5, 0.6) is 0 Å². The van der Waals surface area contributed by atoms with Gasteiger partial charge in [-0.2, -0.15) is 0 Å². The average Bonchev–Trinajstić information content (AvgIpc) is 3.57. The molecule has 6 aromatic carbocycles. The molecule has 0 aliphatic carbocycles. The molecule has 2 atom stereocenters. The highest BCUT2D eigenvalue weighted by molar-refractivity contribution is 5.95. The average molecular weight is 655 g/mol. The van der Waals surface area contributed by atoms with Gasteiger partial charge in [0, 0.05) is 22.7 Å². The number of fused-ring (bicyclic) bond motifs is 2. The molecule has 0 N–H and O–H groups in total. The Kier molecular flexibility index (Phi) is 7.71. The minimum Gasteiger partial charge on any atom is -0.314 e. The quantitative estimate of drug-likeness (QED) is 0.183. The number of aryl methyl sites for hydroxylation is 8. The Labute approximate surface area is 297 Å². The summed E-state index contributed by atoms with van der Waals surface area (Å²) in [6.07, 6.45) is -0.326. The van der Waals surface area contributed by atoms with Gasteiger partial charge < -0.3 is 19.6 Å². The molecule has 0 saturated heterocycles. The number of hydrogen-bond acceptors (Lipinski definition) is 4. The highest BCUT2D eigenvalue weighted by Crippen LogP contribution is 2.56. The molecule has 250 valence electrons. The van der Waals surface area contributed by atoms with Crippen LogP contribution in [0.4, 0.5) is 45.5 Å². The smallest absolute Gasteiger partial charge is 0.151 e. The first-order chi connectivity index (χ1) is 24.1. The largest absolute Gasteiger partial charge is 0.314 e. The lowest BCUT2D eigenvalue weighted by Crippen LogP contribution is -2.58. The van der Waals surface area contributed by atoms with E-state index in [9.17, 15) is 0 Å². The molecule has 0 saturated carbocycles. The molecule has 8 rings (SSSR count). The minimum absolute atomic E-state index is 0.163. The van der Waals surface area contributed by atoms with Crippen molar-refractivity contribution in [2.75, 3.05) is 19.6 Å². The maximum Gasteiger partial charge on any atom is 0.151 e. The van der Waals surface area contributed by atoms with Crippen LogP contribution in [0.3, 0.4) is 0 Å². The second-order valence-corrected chi connectivity index (χ2v) is 14.5. The van der Waals surface area contributed by atoms with Crippen molar-refractivity contribution in [2.24, 2.45) is 0 Å². The number of rotatable bonds is 5. The van der Waals surface area contributed by atoms with Crippen LogP contribution in [0, 0.1) is 55.4 Å². The first-order valence-corrected chi connectivity index (χ1v) is 17.7. The molecular formula is C46H46N4. The summed E-state index contributed by atoms with van der Waals surface area (Å²) in [6.45, 7) is 17.8. The van der Waals surface area contributed by atoms with Gasteiger partial charge in [0.2, 0.25) is 0 Å². The Balaban J connectivity index is 1.50. The van der Waals surface area contributed by atoms with Crippen molar-refractivity contribution in [1.29, 1.82) is 0 Å². The molecule has 4 nitrogen and oxygen atoms in total. The summed E-state index contributed by atoms with van der Waals surface area (Å²) >= 11 is 0. The van der Waals surface area contributed by atoms with Gasteiger partial charge in [0.15, 0.2) is 12.3 Å². The summed E-state index contributed by atoms with van der Waals surface area (Å²) in [5.74, 6) is 0. The summed E-state index contributed by atoms with van der Waals surface area (Å²) in [5.41, 5.74) is 19.8. The van der Waals surface area contributed by atoms with Crippen LogP contribution in [0.25, 0.3) is 0 Å². The lowest BCUT2D eigenvalue weighted by Gasteiger charge is -2.45. The molecule has 50 heavy (non-hydrogen) atoms. The topological polar surface area (TPSA) is 13.0 Å². The summed E-state index contributed by atoms with van der Waals surface area (Å²) in [5, 5.41) is 0. The van der Waals surface area contributed by atoms with Gasteiger partial charge >= 0.3 is 0 Å². The van der Waals surface area contributed by atoms with E-state index >= 15 is 0 Å². The zero-order valence-corrected chi connectivity index (χ0v) is 30.5. The van der Waals surface area contributed by atoms with E-state index in [-0.39, 0.29) is 12.3 Å². The van der Waals surface area contributed by atoms with E-state index in [0.717, 1.165) is 0 Å². The third kappa shape index (κ3) is 5.22. The van der Waals surface area contributed by atoms with Gasteiger partial charge in [-0.3, -0.25) is 0 Å². The monoisotopic (exact) mass is 654 g/mol. The molecular weight excluding hydrogens is 609 g/mol. The van der Waals surface area contributed by atoms with Gasteiger partial charge in [0.25, 0.3) is 0 Å². The highest BCUT2D eigenvalue weighted by atomic mass is 15.5. The van der Waals surface area contributed by atoms with E-state index in [4.69, 9.17) is 0 Å². The van der Waals surface area contributed by atoms with Crippen molar-refractivity contribution in [3.05, 3.63) is 166 Å². The minimum atomic E-state index is -0.163. The second kappa shape index (κ2) is 12.1. The first kappa shape index (κ1) is 31.8. The van der Waals surface area contributed by atoms with Crippen molar-refractivity contribution in [3.8, 4) is 0 Å². The SMILES string of the molecule is Cc1cc(C)cc(N2c3cc(C)c(C)cc3N(c3ccccc3)C2C2N(c3ccccc3)c3cc(C)c(C)cc3N2c2cc(C)cc(C)c2)c1. The fourth-order valence-corrected chi connectivity index (χ4v) is 8.20. The number of para-hydroxylation sites is 2. The van der Waals surface area contributed by atoms with Crippen LogP contribution in [0.1, 0.15) is 44.5 Å².